The largest absolute Gasteiger partial charge is 0.393 e. The third-order valence-corrected chi connectivity index (χ3v) is 3.81. The Balaban J connectivity index is 2.13. The van der Waals surface area contributed by atoms with Gasteiger partial charge in [0.25, 0.3) is 5.56 Å². The number of rotatable bonds is 2. The van der Waals surface area contributed by atoms with Crippen LogP contribution < -0.4 is 5.56 Å². The number of fused-ring (bicyclic) bond motifs is 1. The molecule has 0 saturated carbocycles. The molecular formula is C13H14N4O4. The van der Waals surface area contributed by atoms with Crippen LogP contribution in [0.3, 0.4) is 0 Å². The second kappa shape index (κ2) is 4.66. The van der Waals surface area contributed by atoms with Crippen molar-refractivity contribution < 1.29 is 14.9 Å². The van der Waals surface area contributed by atoms with Crippen molar-refractivity contribution >= 4 is 11.2 Å². The Morgan fingerprint density at radius 3 is 3.05 bits per heavy atom. The molecule has 4 atom stereocenters. The molecule has 2 aromatic rings. The molecule has 2 aromatic heterocycles. The third kappa shape index (κ3) is 1.86. The van der Waals surface area contributed by atoms with Crippen LogP contribution in [0.15, 0.2) is 17.4 Å². The number of H-pyrrole nitrogens is 1. The maximum absolute atomic E-state index is 11.7. The van der Waals surface area contributed by atoms with E-state index in [0.717, 1.165) is 0 Å². The first-order valence-electron chi connectivity index (χ1n) is 6.35. The van der Waals surface area contributed by atoms with E-state index >= 15 is 0 Å². The summed E-state index contributed by atoms with van der Waals surface area (Å²) in [5.41, 5.74) is -1.10. The first-order valence-corrected chi connectivity index (χ1v) is 6.35. The maximum atomic E-state index is 11.7. The highest BCUT2D eigenvalue weighted by Crippen LogP contribution is 2.41. The molecule has 1 saturated heterocycles. The molecule has 0 unspecified atom stereocenters. The molecule has 3 rings (SSSR count). The summed E-state index contributed by atoms with van der Waals surface area (Å²) in [7, 11) is 0. The van der Waals surface area contributed by atoms with Gasteiger partial charge >= 0.3 is 0 Å². The first kappa shape index (κ1) is 13.8. The van der Waals surface area contributed by atoms with Gasteiger partial charge in [0.1, 0.15) is 11.7 Å². The molecule has 3 heterocycles. The number of aliphatic hydroxyl groups is 2. The van der Waals surface area contributed by atoms with Crippen molar-refractivity contribution in [2.75, 3.05) is 6.61 Å². The van der Waals surface area contributed by atoms with Crippen LogP contribution in [0, 0.1) is 18.3 Å². The Kier molecular flexibility index (Phi) is 3.06. The topological polar surface area (TPSA) is 113 Å². The predicted molar refractivity (Wildman–Crippen MR) is 72.1 cm³/mol. The second-order valence-corrected chi connectivity index (χ2v) is 5.17. The van der Waals surface area contributed by atoms with Crippen molar-refractivity contribution in [2.45, 2.75) is 24.9 Å². The summed E-state index contributed by atoms with van der Waals surface area (Å²) in [4.78, 5) is 22.2. The molecular weight excluding hydrogens is 276 g/mol. The van der Waals surface area contributed by atoms with Crippen LogP contribution in [0.2, 0.25) is 0 Å². The number of nitrogens with zero attached hydrogens (tertiary/aromatic N) is 3. The van der Waals surface area contributed by atoms with Gasteiger partial charge in [-0.25, -0.2) is 9.97 Å². The predicted octanol–water partition coefficient (Wildman–Crippen LogP) is -0.990. The molecule has 0 bridgehead atoms. The van der Waals surface area contributed by atoms with Crippen LogP contribution in [-0.2, 0) is 4.74 Å². The molecule has 21 heavy (non-hydrogen) atoms. The molecule has 8 heteroatoms. The second-order valence-electron chi connectivity index (χ2n) is 5.17. The fourth-order valence-corrected chi connectivity index (χ4v) is 2.54. The average Bonchev–Trinajstić information content (AvgIpc) is 3.01. The monoisotopic (exact) mass is 290 g/mol. The van der Waals surface area contributed by atoms with Gasteiger partial charge in [0.05, 0.1) is 25.2 Å². The zero-order valence-electron chi connectivity index (χ0n) is 11.2. The molecule has 1 aliphatic rings. The van der Waals surface area contributed by atoms with Crippen LogP contribution in [-0.4, -0.2) is 48.0 Å². The maximum Gasteiger partial charge on any atom is 0.278 e. The smallest absolute Gasteiger partial charge is 0.278 e. The van der Waals surface area contributed by atoms with Crippen molar-refractivity contribution in [1.29, 1.82) is 0 Å². The zero-order chi connectivity index (χ0) is 15.2. The van der Waals surface area contributed by atoms with Crippen LogP contribution in [0.4, 0.5) is 0 Å². The van der Waals surface area contributed by atoms with Gasteiger partial charge in [0.2, 0.25) is 0 Å². The lowest BCUT2D eigenvalue weighted by Crippen LogP contribution is -2.41. The standard InChI is InChI=1S/C13H14N4O4/c1-3-7-9(19)13(2,4-18)21-12(7)17-6-16-8-10(17)14-5-15-11(8)20/h1,5-7,9,12,18-19H,4H2,2H3,(H,14,15,20)/t7-,9-,12+,13+/m0/s1. The van der Waals surface area contributed by atoms with E-state index in [0.29, 0.717) is 5.65 Å². The lowest BCUT2D eigenvalue weighted by Gasteiger charge is -2.24. The molecule has 110 valence electrons. The lowest BCUT2D eigenvalue weighted by molar-refractivity contribution is -0.115. The van der Waals surface area contributed by atoms with E-state index in [1.54, 1.807) is 6.92 Å². The Labute approximate surface area is 119 Å². The van der Waals surface area contributed by atoms with Gasteiger partial charge in [0.15, 0.2) is 17.4 Å². The minimum absolute atomic E-state index is 0.156. The number of aromatic nitrogens is 4. The molecule has 8 nitrogen and oxygen atoms in total. The normalized spacial score (nSPS) is 32.4. The molecule has 1 fully saturated rings. The molecule has 0 aliphatic carbocycles. The summed E-state index contributed by atoms with van der Waals surface area (Å²) >= 11 is 0. The van der Waals surface area contributed by atoms with Crippen molar-refractivity contribution in [3.05, 3.63) is 23.0 Å². The molecule has 0 aromatic carbocycles. The number of terminal acetylenes is 1. The summed E-state index contributed by atoms with van der Waals surface area (Å²) in [6.45, 7) is 1.19. The summed E-state index contributed by atoms with van der Waals surface area (Å²) in [5, 5.41) is 19.7. The van der Waals surface area contributed by atoms with Gasteiger partial charge in [-0.1, -0.05) is 5.92 Å². The third-order valence-electron chi connectivity index (χ3n) is 3.81. The first-order chi connectivity index (χ1) is 10.0. The van der Waals surface area contributed by atoms with Gasteiger partial charge < -0.3 is 19.9 Å². The minimum Gasteiger partial charge on any atom is -0.393 e. The Morgan fingerprint density at radius 2 is 2.38 bits per heavy atom. The zero-order valence-corrected chi connectivity index (χ0v) is 11.2. The number of hydrogen-bond acceptors (Lipinski definition) is 6. The van der Waals surface area contributed by atoms with Crippen molar-refractivity contribution in [3.8, 4) is 12.3 Å². The van der Waals surface area contributed by atoms with Gasteiger partial charge in [-0.05, 0) is 6.92 Å². The Morgan fingerprint density at radius 1 is 1.62 bits per heavy atom. The molecule has 1 aliphatic heterocycles. The summed E-state index contributed by atoms with van der Waals surface area (Å²) in [6, 6.07) is 0. The van der Waals surface area contributed by atoms with E-state index in [1.807, 2.05) is 0 Å². The van der Waals surface area contributed by atoms with E-state index in [4.69, 9.17) is 11.2 Å². The van der Waals surface area contributed by atoms with Crippen molar-refractivity contribution in [1.82, 2.24) is 19.5 Å². The van der Waals surface area contributed by atoms with Gasteiger partial charge in [-0.2, -0.15) is 0 Å². The van der Waals surface area contributed by atoms with Crippen molar-refractivity contribution in [2.24, 2.45) is 5.92 Å². The summed E-state index contributed by atoms with van der Waals surface area (Å²) in [6.07, 6.45) is 6.31. The van der Waals surface area contributed by atoms with Crippen LogP contribution in [0.5, 0.6) is 0 Å². The van der Waals surface area contributed by atoms with Gasteiger partial charge in [-0.3, -0.25) is 9.36 Å². The SMILES string of the molecule is C#C[C@@H]1[C@H](n2cnc3c(=O)[nH]cnc32)O[C@](C)(CO)[C@H]1O. The lowest BCUT2D eigenvalue weighted by atomic mass is 9.92. The van der Waals surface area contributed by atoms with Crippen LogP contribution >= 0.6 is 0 Å². The molecule has 0 amide bonds. The van der Waals surface area contributed by atoms with Crippen molar-refractivity contribution in [3.63, 3.8) is 0 Å². The minimum atomic E-state index is -1.18. The quantitative estimate of drug-likeness (QED) is 0.612. The highest BCUT2D eigenvalue weighted by molar-refractivity contribution is 5.68. The van der Waals surface area contributed by atoms with E-state index < -0.39 is 23.9 Å². The molecule has 0 radical (unpaired) electrons. The number of aromatic amines is 1. The number of nitrogens with one attached hydrogen (secondary N) is 1. The average molecular weight is 290 g/mol. The number of hydrogen-bond donors (Lipinski definition) is 3. The van der Waals surface area contributed by atoms with E-state index in [9.17, 15) is 15.0 Å². The van der Waals surface area contributed by atoms with Gasteiger partial charge in [-0.15, -0.1) is 6.42 Å². The Hall–Kier alpha value is -2.21. The molecule has 3 N–H and O–H groups in total. The fourth-order valence-electron chi connectivity index (χ4n) is 2.54. The fraction of sp³-hybridized carbons (Fsp3) is 0.462. The highest BCUT2D eigenvalue weighted by atomic mass is 16.6. The highest BCUT2D eigenvalue weighted by Gasteiger charge is 2.52. The Bertz CT molecular complexity index is 776. The number of imidazole rings is 1. The van der Waals surface area contributed by atoms with Gasteiger partial charge in [0, 0.05) is 0 Å². The number of aliphatic hydroxyl groups excluding tert-OH is 2. The van der Waals surface area contributed by atoms with Crippen LogP contribution in [0.1, 0.15) is 13.2 Å². The summed E-state index contributed by atoms with van der Waals surface area (Å²) < 4.78 is 7.23. The van der Waals surface area contributed by atoms with Crippen LogP contribution in [0.25, 0.3) is 11.2 Å². The summed E-state index contributed by atoms with van der Waals surface area (Å²) in [5.74, 6) is 1.78. The van der Waals surface area contributed by atoms with E-state index in [1.165, 1.54) is 17.2 Å². The number of ether oxygens (including phenoxy) is 1. The van der Waals surface area contributed by atoms with E-state index in [2.05, 4.69) is 20.9 Å². The van der Waals surface area contributed by atoms with E-state index in [-0.39, 0.29) is 17.7 Å². The molecule has 0 spiro atoms.